The van der Waals surface area contributed by atoms with Gasteiger partial charge in [0, 0.05) is 12.6 Å². The summed E-state index contributed by atoms with van der Waals surface area (Å²) in [6.07, 6.45) is 0.699. The second kappa shape index (κ2) is 6.47. The van der Waals surface area contributed by atoms with Gasteiger partial charge in [-0.05, 0) is 37.2 Å². The summed E-state index contributed by atoms with van der Waals surface area (Å²) in [5, 5.41) is 18.6. The van der Waals surface area contributed by atoms with E-state index in [1.165, 1.54) is 6.07 Å². The van der Waals surface area contributed by atoms with Crippen molar-refractivity contribution < 1.29 is 10.2 Å². The van der Waals surface area contributed by atoms with Crippen LogP contribution in [0.25, 0.3) is 0 Å². The molecule has 1 rings (SSSR count). The number of phenolic OH excluding ortho intramolecular Hbond substituents is 2. The molecule has 1 atom stereocenters. The summed E-state index contributed by atoms with van der Waals surface area (Å²) in [4.78, 5) is 2.27. The summed E-state index contributed by atoms with van der Waals surface area (Å²) in [5.74, 6) is -0.177. The average molecular weight is 238 g/mol. The van der Waals surface area contributed by atoms with Crippen LogP contribution in [-0.2, 0) is 6.42 Å². The fourth-order valence-electron chi connectivity index (χ4n) is 1.88. The summed E-state index contributed by atoms with van der Waals surface area (Å²) in [7, 11) is 0. The summed E-state index contributed by atoms with van der Waals surface area (Å²) in [6, 6.07) is 4.89. The van der Waals surface area contributed by atoms with E-state index in [1.807, 2.05) is 0 Å². The van der Waals surface area contributed by atoms with Crippen molar-refractivity contribution in [3.63, 3.8) is 0 Å². The SMILES string of the molecule is CCN(CC)CC(N)Cc1ccc(O)c(O)c1. The van der Waals surface area contributed by atoms with E-state index in [-0.39, 0.29) is 17.5 Å². The molecule has 0 saturated heterocycles. The quantitative estimate of drug-likeness (QED) is 0.654. The molecule has 0 aliphatic heterocycles. The second-order valence-electron chi connectivity index (χ2n) is 4.27. The maximum atomic E-state index is 9.39. The maximum Gasteiger partial charge on any atom is 0.157 e. The van der Waals surface area contributed by atoms with Crippen LogP contribution in [0.5, 0.6) is 11.5 Å². The molecule has 0 amide bonds. The first-order valence-electron chi connectivity index (χ1n) is 6.05. The largest absolute Gasteiger partial charge is 0.504 e. The molecule has 17 heavy (non-hydrogen) atoms. The lowest BCUT2D eigenvalue weighted by molar-refractivity contribution is 0.282. The number of nitrogens with zero attached hydrogens (tertiary/aromatic N) is 1. The van der Waals surface area contributed by atoms with Gasteiger partial charge in [0.1, 0.15) is 0 Å². The molecule has 0 aliphatic rings. The highest BCUT2D eigenvalue weighted by Crippen LogP contribution is 2.25. The van der Waals surface area contributed by atoms with E-state index >= 15 is 0 Å². The number of phenols is 2. The van der Waals surface area contributed by atoms with E-state index in [0.29, 0.717) is 6.42 Å². The van der Waals surface area contributed by atoms with Crippen LogP contribution in [0.4, 0.5) is 0 Å². The van der Waals surface area contributed by atoms with Crippen LogP contribution in [0, 0.1) is 0 Å². The Hall–Kier alpha value is -1.26. The normalized spacial score (nSPS) is 12.9. The first-order valence-corrected chi connectivity index (χ1v) is 6.05. The summed E-state index contributed by atoms with van der Waals surface area (Å²) in [5.41, 5.74) is 7.00. The third kappa shape index (κ3) is 4.24. The van der Waals surface area contributed by atoms with Crippen molar-refractivity contribution in [2.24, 2.45) is 5.73 Å². The Bertz CT molecular complexity index is 351. The average Bonchev–Trinajstić information content (AvgIpc) is 2.31. The number of likely N-dealkylation sites (N-methyl/N-ethyl adjacent to an activating group) is 1. The van der Waals surface area contributed by atoms with Crippen LogP contribution in [-0.4, -0.2) is 40.8 Å². The lowest BCUT2D eigenvalue weighted by Gasteiger charge is -2.22. The predicted octanol–water partition coefficient (Wildman–Crippen LogP) is 1.31. The zero-order valence-corrected chi connectivity index (χ0v) is 10.6. The van der Waals surface area contributed by atoms with E-state index < -0.39 is 0 Å². The van der Waals surface area contributed by atoms with E-state index in [9.17, 15) is 10.2 Å². The molecular weight excluding hydrogens is 216 g/mol. The number of hydrogen-bond acceptors (Lipinski definition) is 4. The fourth-order valence-corrected chi connectivity index (χ4v) is 1.88. The van der Waals surface area contributed by atoms with Gasteiger partial charge in [-0.15, -0.1) is 0 Å². The van der Waals surface area contributed by atoms with Crippen molar-refractivity contribution in [3.8, 4) is 11.5 Å². The molecule has 0 saturated carbocycles. The molecule has 0 bridgehead atoms. The minimum atomic E-state index is -0.0916. The molecule has 96 valence electrons. The Balaban J connectivity index is 2.55. The molecule has 4 heteroatoms. The molecule has 0 aromatic heterocycles. The van der Waals surface area contributed by atoms with Gasteiger partial charge in [0.05, 0.1) is 0 Å². The number of aromatic hydroxyl groups is 2. The number of rotatable bonds is 6. The van der Waals surface area contributed by atoms with Crippen LogP contribution < -0.4 is 5.73 Å². The molecule has 1 unspecified atom stereocenters. The van der Waals surface area contributed by atoms with Crippen LogP contribution in [0.2, 0.25) is 0 Å². The molecule has 0 spiro atoms. The maximum absolute atomic E-state index is 9.39. The molecule has 0 fully saturated rings. The lowest BCUT2D eigenvalue weighted by atomic mass is 10.1. The Labute approximate surface area is 103 Å². The minimum absolute atomic E-state index is 0.0406. The first kappa shape index (κ1) is 13.8. The van der Waals surface area contributed by atoms with E-state index in [4.69, 9.17) is 5.73 Å². The molecule has 0 radical (unpaired) electrons. The Morgan fingerprint density at radius 2 is 1.82 bits per heavy atom. The van der Waals surface area contributed by atoms with E-state index in [2.05, 4.69) is 18.7 Å². The van der Waals surface area contributed by atoms with Gasteiger partial charge in [0.15, 0.2) is 11.5 Å². The third-order valence-corrected chi connectivity index (χ3v) is 2.92. The van der Waals surface area contributed by atoms with E-state index in [1.54, 1.807) is 12.1 Å². The van der Waals surface area contributed by atoms with Crippen LogP contribution in [0.15, 0.2) is 18.2 Å². The Kier molecular flexibility index (Phi) is 5.25. The van der Waals surface area contributed by atoms with Crippen LogP contribution in [0.3, 0.4) is 0 Å². The molecule has 1 aromatic carbocycles. The van der Waals surface area contributed by atoms with Gasteiger partial charge in [0.25, 0.3) is 0 Å². The first-order chi connectivity index (χ1) is 8.06. The van der Waals surface area contributed by atoms with Crippen molar-refractivity contribution in [3.05, 3.63) is 23.8 Å². The number of benzene rings is 1. The van der Waals surface area contributed by atoms with Crippen LogP contribution >= 0.6 is 0 Å². The Morgan fingerprint density at radius 1 is 1.18 bits per heavy atom. The van der Waals surface area contributed by atoms with Crippen molar-refractivity contribution in [1.82, 2.24) is 4.90 Å². The monoisotopic (exact) mass is 238 g/mol. The van der Waals surface area contributed by atoms with Crippen molar-refractivity contribution in [2.45, 2.75) is 26.3 Å². The number of nitrogens with two attached hydrogens (primary N) is 1. The van der Waals surface area contributed by atoms with Crippen molar-refractivity contribution in [2.75, 3.05) is 19.6 Å². The van der Waals surface area contributed by atoms with Gasteiger partial charge in [-0.25, -0.2) is 0 Å². The van der Waals surface area contributed by atoms with Gasteiger partial charge in [-0.3, -0.25) is 0 Å². The molecule has 1 aromatic rings. The fraction of sp³-hybridized carbons (Fsp3) is 0.538. The van der Waals surface area contributed by atoms with Crippen LogP contribution in [0.1, 0.15) is 19.4 Å². The van der Waals surface area contributed by atoms with Gasteiger partial charge in [0.2, 0.25) is 0 Å². The van der Waals surface area contributed by atoms with E-state index in [0.717, 1.165) is 25.2 Å². The standard InChI is InChI=1S/C13H22N2O2/c1-3-15(4-2)9-11(14)7-10-5-6-12(16)13(17)8-10/h5-6,8,11,16-17H,3-4,7,9,14H2,1-2H3. The Morgan fingerprint density at radius 3 is 2.35 bits per heavy atom. The molecule has 4 N–H and O–H groups in total. The highest BCUT2D eigenvalue weighted by Gasteiger charge is 2.09. The lowest BCUT2D eigenvalue weighted by Crippen LogP contribution is -2.38. The van der Waals surface area contributed by atoms with Crippen molar-refractivity contribution >= 4 is 0 Å². The van der Waals surface area contributed by atoms with Crippen molar-refractivity contribution in [1.29, 1.82) is 0 Å². The molecule has 0 aliphatic carbocycles. The zero-order valence-electron chi connectivity index (χ0n) is 10.6. The number of hydrogen-bond donors (Lipinski definition) is 3. The third-order valence-electron chi connectivity index (χ3n) is 2.92. The van der Waals surface area contributed by atoms with Gasteiger partial charge < -0.3 is 20.8 Å². The smallest absolute Gasteiger partial charge is 0.157 e. The highest BCUT2D eigenvalue weighted by molar-refractivity contribution is 5.40. The summed E-state index contributed by atoms with van der Waals surface area (Å²) >= 11 is 0. The summed E-state index contributed by atoms with van der Waals surface area (Å²) in [6.45, 7) is 7.05. The second-order valence-corrected chi connectivity index (χ2v) is 4.27. The summed E-state index contributed by atoms with van der Waals surface area (Å²) < 4.78 is 0. The minimum Gasteiger partial charge on any atom is -0.504 e. The highest BCUT2D eigenvalue weighted by atomic mass is 16.3. The molecular formula is C13H22N2O2. The molecule has 0 heterocycles. The predicted molar refractivity (Wildman–Crippen MR) is 69.2 cm³/mol. The van der Waals surface area contributed by atoms with Gasteiger partial charge in [-0.1, -0.05) is 19.9 Å². The van der Waals surface area contributed by atoms with Gasteiger partial charge >= 0.3 is 0 Å². The molecule has 4 nitrogen and oxygen atoms in total. The van der Waals surface area contributed by atoms with Gasteiger partial charge in [-0.2, -0.15) is 0 Å². The zero-order chi connectivity index (χ0) is 12.8. The topological polar surface area (TPSA) is 69.7 Å².